The minimum absolute atomic E-state index is 0.0206. The zero-order valence-electron chi connectivity index (χ0n) is 8.29. The largest absolute Gasteiger partial charge is 0.461 e. The van der Waals surface area contributed by atoms with Crippen LogP contribution in [0.5, 0.6) is 0 Å². The van der Waals surface area contributed by atoms with Crippen LogP contribution in [-0.4, -0.2) is 18.1 Å². The van der Waals surface area contributed by atoms with E-state index >= 15 is 0 Å². The van der Waals surface area contributed by atoms with Gasteiger partial charge in [-0.05, 0) is 25.7 Å². The van der Waals surface area contributed by atoms with Gasteiger partial charge >= 0.3 is 5.97 Å². The topological polar surface area (TPSA) is 52.3 Å². The van der Waals surface area contributed by atoms with Gasteiger partial charge in [-0.15, -0.1) is 0 Å². The van der Waals surface area contributed by atoms with E-state index in [0.717, 1.165) is 25.7 Å². The molecule has 2 unspecified atom stereocenters. The molecule has 76 valence electrons. The van der Waals surface area contributed by atoms with Crippen LogP contribution in [-0.2, 0) is 9.53 Å². The van der Waals surface area contributed by atoms with E-state index in [1.54, 1.807) is 0 Å². The van der Waals surface area contributed by atoms with Crippen molar-refractivity contribution in [2.24, 2.45) is 5.73 Å². The van der Waals surface area contributed by atoms with Gasteiger partial charge in [0, 0.05) is 12.5 Å². The van der Waals surface area contributed by atoms with Crippen LogP contribution < -0.4 is 5.73 Å². The highest BCUT2D eigenvalue weighted by Gasteiger charge is 2.24. The summed E-state index contributed by atoms with van der Waals surface area (Å²) >= 11 is 0. The number of esters is 1. The molecule has 0 heterocycles. The van der Waals surface area contributed by atoms with Crippen molar-refractivity contribution in [3.05, 3.63) is 0 Å². The molecule has 0 saturated heterocycles. The van der Waals surface area contributed by atoms with Gasteiger partial charge in [0.05, 0.1) is 0 Å². The Bertz CT molecular complexity index is 170. The van der Waals surface area contributed by atoms with Gasteiger partial charge < -0.3 is 10.5 Å². The summed E-state index contributed by atoms with van der Waals surface area (Å²) in [5, 5.41) is 0. The standard InChI is InChI=1S/C10H19NO2/c1-2-5-10(12)13-9-7-4-3-6-8(9)11/h8-9H,2-7,11H2,1H3. The van der Waals surface area contributed by atoms with E-state index in [1.165, 1.54) is 6.42 Å². The van der Waals surface area contributed by atoms with Crippen LogP contribution in [0.1, 0.15) is 45.4 Å². The number of nitrogens with two attached hydrogens (primary N) is 1. The van der Waals surface area contributed by atoms with E-state index in [2.05, 4.69) is 0 Å². The molecule has 0 aliphatic heterocycles. The molecule has 0 aromatic rings. The Kier molecular flexibility index (Phi) is 4.22. The second-order valence-corrected chi connectivity index (χ2v) is 3.73. The first kappa shape index (κ1) is 10.5. The minimum Gasteiger partial charge on any atom is -0.461 e. The SMILES string of the molecule is CCCC(=O)OC1CCCCC1N. The third kappa shape index (κ3) is 3.35. The molecular weight excluding hydrogens is 166 g/mol. The average molecular weight is 185 g/mol. The van der Waals surface area contributed by atoms with Crippen LogP contribution in [0.15, 0.2) is 0 Å². The number of ether oxygens (including phenoxy) is 1. The van der Waals surface area contributed by atoms with Gasteiger partial charge in [-0.2, -0.15) is 0 Å². The zero-order valence-corrected chi connectivity index (χ0v) is 8.29. The van der Waals surface area contributed by atoms with Gasteiger partial charge in [-0.25, -0.2) is 0 Å². The molecule has 0 bridgehead atoms. The molecule has 13 heavy (non-hydrogen) atoms. The Morgan fingerprint density at radius 3 is 2.77 bits per heavy atom. The van der Waals surface area contributed by atoms with E-state index in [4.69, 9.17) is 10.5 Å². The first-order valence-electron chi connectivity index (χ1n) is 5.19. The van der Waals surface area contributed by atoms with Gasteiger partial charge in [0.2, 0.25) is 0 Å². The lowest BCUT2D eigenvalue weighted by Gasteiger charge is -2.28. The second kappa shape index (κ2) is 5.22. The van der Waals surface area contributed by atoms with Crippen molar-refractivity contribution in [2.45, 2.75) is 57.6 Å². The summed E-state index contributed by atoms with van der Waals surface area (Å²) in [6.07, 6.45) is 5.58. The van der Waals surface area contributed by atoms with Crippen molar-refractivity contribution in [1.29, 1.82) is 0 Å². The molecule has 1 saturated carbocycles. The fourth-order valence-electron chi connectivity index (χ4n) is 1.70. The van der Waals surface area contributed by atoms with Gasteiger partial charge in [-0.1, -0.05) is 13.3 Å². The molecule has 1 aliphatic carbocycles. The maximum atomic E-state index is 11.2. The summed E-state index contributed by atoms with van der Waals surface area (Å²) in [4.78, 5) is 11.2. The first-order chi connectivity index (χ1) is 6.24. The number of carbonyl (C=O) groups is 1. The van der Waals surface area contributed by atoms with Crippen molar-refractivity contribution in [1.82, 2.24) is 0 Å². The molecule has 0 aromatic carbocycles. The summed E-state index contributed by atoms with van der Waals surface area (Å²) in [5.41, 5.74) is 5.85. The Labute approximate surface area is 79.6 Å². The fourth-order valence-corrected chi connectivity index (χ4v) is 1.70. The molecule has 0 amide bonds. The van der Waals surface area contributed by atoms with Gasteiger partial charge in [0.1, 0.15) is 6.10 Å². The maximum absolute atomic E-state index is 11.2. The number of rotatable bonds is 3. The molecule has 1 fully saturated rings. The van der Waals surface area contributed by atoms with Gasteiger partial charge in [0.25, 0.3) is 0 Å². The molecule has 0 spiro atoms. The van der Waals surface area contributed by atoms with E-state index < -0.39 is 0 Å². The second-order valence-electron chi connectivity index (χ2n) is 3.73. The smallest absolute Gasteiger partial charge is 0.306 e. The van der Waals surface area contributed by atoms with Crippen LogP contribution in [0, 0.1) is 0 Å². The van der Waals surface area contributed by atoms with E-state index in [0.29, 0.717) is 6.42 Å². The lowest BCUT2D eigenvalue weighted by Crippen LogP contribution is -2.40. The predicted octanol–water partition coefficient (Wildman–Crippen LogP) is 1.60. The molecule has 3 nitrogen and oxygen atoms in total. The first-order valence-corrected chi connectivity index (χ1v) is 5.19. The molecule has 2 atom stereocenters. The van der Waals surface area contributed by atoms with E-state index in [1.807, 2.05) is 6.92 Å². The molecule has 1 rings (SSSR count). The highest BCUT2D eigenvalue weighted by Crippen LogP contribution is 2.20. The molecule has 0 radical (unpaired) electrons. The molecule has 0 aromatic heterocycles. The molecule has 1 aliphatic rings. The van der Waals surface area contributed by atoms with Crippen LogP contribution in [0.25, 0.3) is 0 Å². The average Bonchev–Trinajstić information content (AvgIpc) is 2.09. The summed E-state index contributed by atoms with van der Waals surface area (Å²) in [6, 6.07) is 0.0644. The normalized spacial score (nSPS) is 28.5. The molecule has 3 heteroatoms. The van der Waals surface area contributed by atoms with Crippen LogP contribution in [0.4, 0.5) is 0 Å². The highest BCUT2D eigenvalue weighted by molar-refractivity contribution is 5.69. The van der Waals surface area contributed by atoms with Crippen molar-refractivity contribution in [2.75, 3.05) is 0 Å². The number of hydrogen-bond donors (Lipinski definition) is 1. The molecule has 2 N–H and O–H groups in total. The summed E-state index contributed by atoms with van der Waals surface area (Å²) in [5.74, 6) is -0.0927. The Balaban J connectivity index is 2.29. The highest BCUT2D eigenvalue weighted by atomic mass is 16.5. The third-order valence-corrected chi connectivity index (χ3v) is 2.49. The maximum Gasteiger partial charge on any atom is 0.306 e. The van der Waals surface area contributed by atoms with Crippen LogP contribution in [0.2, 0.25) is 0 Å². The van der Waals surface area contributed by atoms with Gasteiger partial charge in [0.15, 0.2) is 0 Å². The predicted molar refractivity (Wildman–Crippen MR) is 51.2 cm³/mol. The van der Waals surface area contributed by atoms with Crippen molar-refractivity contribution >= 4 is 5.97 Å². The number of carbonyl (C=O) groups excluding carboxylic acids is 1. The van der Waals surface area contributed by atoms with Crippen molar-refractivity contribution in [3.63, 3.8) is 0 Å². The zero-order chi connectivity index (χ0) is 9.68. The summed E-state index contributed by atoms with van der Waals surface area (Å²) < 4.78 is 5.28. The van der Waals surface area contributed by atoms with Gasteiger partial charge in [-0.3, -0.25) is 4.79 Å². The fraction of sp³-hybridized carbons (Fsp3) is 0.900. The van der Waals surface area contributed by atoms with E-state index in [-0.39, 0.29) is 18.1 Å². The third-order valence-electron chi connectivity index (χ3n) is 2.49. The Hall–Kier alpha value is -0.570. The van der Waals surface area contributed by atoms with Crippen LogP contribution >= 0.6 is 0 Å². The Morgan fingerprint density at radius 1 is 1.46 bits per heavy atom. The molecular formula is C10H19NO2. The monoisotopic (exact) mass is 185 g/mol. The van der Waals surface area contributed by atoms with Crippen molar-refractivity contribution in [3.8, 4) is 0 Å². The minimum atomic E-state index is -0.0927. The van der Waals surface area contributed by atoms with Crippen LogP contribution in [0.3, 0.4) is 0 Å². The Morgan fingerprint density at radius 2 is 2.15 bits per heavy atom. The van der Waals surface area contributed by atoms with E-state index in [9.17, 15) is 4.79 Å². The van der Waals surface area contributed by atoms with Crippen molar-refractivity contribution < 1.29 is 9.53 Å². The lowest BCUT2D eigenvalue weighted by molar-refractivity contribution is -0.151. The number of hydrogen-bond acceptors (Lipinski definition) is 3. The quantitative estimate of drug-likeness (QED) is 0.679. The lowest BCUT2D eigenvalue weighted by atomic mass is 9.93. The summed E-state index contributed by atoms with van der Waals surface area (Å²) in [7, 11) is 0. The summed E-state index contributed by atoms with van der Waals surface area (Å²) in [6.45, 7) is 1.97.